The molecule has 4 N–H and O–H groups in total. The maximum atomic E-state index is 12.4. The van der Waals surface area contributed by atoms with Crippen LogP contribution in [-0.2, 0) is 20.9 Å². The van der Waals surface area contributed by atoms with Crippen LogP contribution in [0.25, 0.3) is 0 Å². The number of methoxy groups -OCH3 is 2. The van der Waals surface area contributed by atoms with Crippen LogP contribution in [0.1, 0.15) is 24.8 Å². The van der Waals surface area contributed by atoms with Crippen LogP contribution >= 0.6 is 12.2 Å². The van der Waals surface area contributed by atoms with Gasteiger partial charge in [-0.25, -0.2) is 0 Å². The van der Waals surface area contributed by atoms with E-state index in [-0.39, 0.29) is 29.9 Å². The smallest absolute Gasteiger partial charge is 0.237 e. The molecule has 0 aromatic heterocycles. The molecule has 2 saturated heterocycles. The molecule has 9 nitrogen and oxygen atoms in total. The Morgan fingerprint density at radius 2 is 2.03 bits per heavy atom. The van der Waals surface area contributed by atoms with E-state index in [1.807, 2.05) is 24.3 Å². The molecule has 2 amide bonds. The van der Waals surface area contributed by atoms with Gasteiger partial charge >= 0.3 is 0 Å². The van der Waals surface area contributed by atoms with Crippen molar-refractivity contribution in [2.24, 2.45) is 0 Å². The number of benzene rings is 1. The number of amides is 2. The van der Waals surface area contributed by atoms with Crippen molar-refractivity contribution < 1.29 is 19.1 Å². The van der Waals surface area contributed by atoms with E-state index in [0.717, 1.165) is 17.9 Å². The molecule has 2 heterocycles. The molecular weight excluding hydrogens is 430 g/mol. The first-order chi connectivity index (χ1) is 15.5. The average Bonchev–Trinajstić information content (AvgIpc) is 3.22. The molecule has 2 fully saturated rings. The Hall–Kier alpha value is -2.43. The fraction of sp³-hybridized carbons (Fsp3) is 0.591. The third-order valence-electron chi connectivity index (χ3n) is 5.90. The molecular formula is C22H33N5O4S. The minimum absolute atomic E-state index is 0.00617. The standard InChI is InChI=1S/C22H33N5O4S/c1-30-10-9-23-22(32)26-16-11-19-21(29)25-13-17(27(19)14-16)5-8-20(28)24-12-15-3-6-18(31-2)7-4-15/h3-4,6-7,16-17,19H,5,8-14H2,1-2H3,(H,24,28)(H,25,29)(H2,23,26,32)/t16-,17-,19+/m1/s1. The normalized spacial score (nSPS) is 22.6. The first-order valence-electron chi connectivity index (χ1n) is 11.0. The van der Waals surface area contributed by atoms with E-state index in [1.165, 1.54) is 0 Å². The summed E-state index contributed by atoms with van der Waals surface area (Å²) in [6, 6.07) is 7.67. The fourth-order valence-electron chi connectivity index (χ4n) is 4.18. The van der Waals surface area contributed by atoms with Crippen LogP contribution in [0.5, 0.6) is 5.75 Å². The van der Waals surface area contributed by atoms with Crippen molar-refractivity contribution in [1.29, 1.82) is 0 Å². The van der Waals surface area contributed by atoms with Gasteiger partial charge < -0.3 is 30.7 Å². The number of nitrogens with one attached hydrogen (secondary N) is 4. The second-order valence-electron chi connectivity index (χ2n) is 8.10. The van der Waals surface area contributed by atoms with E-state index in [2.05, 4.69) is 26.2 Å². The Labute approximate surface area is 194 Å². The van der Waals surface area contributed by atoms with Crippen LogP contribution in [0, 0.1) is 0 Å². The van der Waals surface area contributed by atoms with E-state index in [4.69, 9.17) is 21.7 Å². The summed E-state index contributed by atoms with van der Waals surface area (Å²) in [5.74, 6) is 0.846. The third-order valence-corrected chi connectivity index (χ3v) is 6.17. The van der Waals surface area contributed by atoms with Crippen LogP contribution in [0.3, 0.4) is 0 Å². The monoisotopic (exact) mass is 463 g/mol. The summed E-state index contributed by atoms with van der Waals surface area (Å²) in [6.07, 6.45) is 1.79. The predicted molar refractivity (Wildman–Crippen MR) is 125 cm³/mol. The molecule has 1 aromatic rings. The molecule has 176 valence electrons. The van der Waals surface area contributed by atoms with Gasteiger partial charge in [-0.1, -0.05) is 12.1 Å². The molecule has 0 saturated carbocycles. The first-order valence-corrected chi connectivity index (χ1v) is 11.4. The van der Waals surface area contributed by atoms with Crippen molar-refractivity contribution in [3.05, 3.63) is 29.8 Å². The summed E-state index contributed by atoms with van der Waals surface area (Å²) >= 11 is 5.34. The summed E-state index contributed by atoms with van der Waals surface area (Å²) in [6.45, 7) is 2.98. The molecule has 10 heteroatoms. The van der Waals surface area contributed by atoms with Crippen molar-refractivity contribution in [3.8, 4) is 5.75 Å². The SMILES string of the molecule is COCCNC(=S)N[C@@H]1C[C@H]2C(=O)NC[C@@H](CCC(=O)NCc3ccc(OC)cc3)N2C1. The van der Waals surface area contributed by atoms with Gasteiger partial charge in [0, 0.05) is 51.8 Å². The van der Waals surface area contributed by atoms with Crippen molar-refractivity contribution in [2.45, 2.75) is 43.9 Å². The topological polar surface area (TPSA) is 104 Å². The number of rotatable bonds is 10. The molecule has 3 atom stereocenters. The Kier molecular flexibility index (Phi) is 9.07. The summed E-state index contributed by atoms with van der Waals surface area (Å²) in [7, 11) is 3.27. The average molecular weight is 464 g/mol. The highest BCUT2D eigenvalue weighted by Crippen LogP contribution is 2.25. The number of hydrogen-bond acceptors (Lipinski definition) is 6. The summed E-state index contributed by atoms with van der Waals surface area (Å²) in [5, 5.41) is 12.9. The van der Waals surface area contributed by atoms with E-state index in [9.17, 15) is 9.59 Å². The highest BCUT2D eigenvalue weighted by molar-refractivity contribution is 7.80. The summed E-state index contributed by atoms with van der Waals surface area (Å²) < 4.78 is 10.2. The van der Waals surface area contributed by atoms with Gasteiger partial charge in [-0.15, -0.1) is 0 Å². The van der Waals surface area contributed by atoms with Gasteiger partial charge in [0.25, 0.3) is 0 Å². The van der Waals surface area contributed by atoms with Crippen LogP contribution < -0.4 is 26.0 Å². The lowest BCUT2D eigenvalue weighted by Gasteiger charge is -2.37. The first kappa shape index (κ1) is 24.2. The number of hydrogen-bond donors (Lipinski definition) is 4. The molecule has 1 aromatic carbocycles. The number of carbonyl (C=O) groups is 2. The van der Waals surface area contributed by atoms with E-state index >= 15 is 0 Å². The van der Waals surface area contributed by atoms with Gasteiger partial charge in [0.1, 0.15) is 5.75 Å². The van der Waals surface area contributed by atoms with E-state index in [0.29, 0.717) is 50.6 Å². The summed E-state index contributed by atoms with van der Waals surface area (Å²) in [4.78, 5) is 27.0. The van der Waals surface area contributed by atoms with Crippen molar-refractivity contribution in [1.82, 2.24) is 26.2 Å². The van der Waals surface area contributed by atoms with E-state index < -0.39 is 0 Å². The third kappa shape index (κ3) is 6.78. The number of carbonyl (C=O) groups excluding carboxylic acids is 2. The molecule has 32 heavy (non-hydrogen) atoms. The fourth-order valence-corrected chi connectivity index (χ4v) is 4.45. The minimum Gasteiger partial charge on any atom is -0.497 e. The predicted octanol–water partition coefficient (Wildman–Crippen LogP) is 0.143. The molecule has 2 aliphatic heterocycles. The zero-order valence-electron chi connectivity index (χ0n) is 18.7. The van der Waals surface area contributed by atoms with Crippen LogP contribution in [-0.4, -0.2) is 80.4 Å². The lowest BCUT2D eigenvalue weighted by molar-refractivity contribution is -0.129. The van der Waals surface area contributed by atoms with Crippen LogP contribution in [0.2, 0.25) is 0 Å². The van der Waals surface area contributed by atoms with Gasteiger partial charge in [-0.2, -0.15) is 0 Å². The number of fused-ring (bicyclic) bond motifs is 1. The van der Waals surface area contributed by atoms with Crippen molar-refractivity contribution >= 4 is 29.1 Å². The molecule has 0 bridgehead atoms. The molecule has 3 rings (SSSR count). The van der Waals surface area contributed by atoms with Gasteiger partial charge in [0.2, 0.25) is 11.8 Å². The van der Waals surface area contributed by atoms with Gasteiger partial charge in [-0.3, -0.25) is 14.5 Å². The minimum atomic E-state index is -0.185. The Bertz CT molecular complexity index is 791. The number of piperazine rings is 1. The molecule has 0 unspecified atom stereocenters. The highest BCUT2D eigenvalue weighted by atomic mass is 32.1. The quantitative estimate of drug-likeness (QED) is 0.287. The number of ether oxygens (including phenoxy) is 2. The lowest BCUT2D eigenvalue weighted by Crippen LogP contribution is -2.58. The Morgan fingerprint density at radius 3 is 2.75 bits per heavy atom. The van der Waals surface area contributed by atoms with Crippen molar-refractivity contribution in [2.75, 3.05) is 40.5 Å². The van der Waals surface area contributed by atoms with Crippen LogP contribution in [0.4, 0.5) is 0 Å². The zero-order valence-corrected chi connectivity index (χ0v) is 19.5. The second kappa shape index (κ2) is 12.0. The lowest BCUT2D eigenvalue weighted by atomic mass is 10.0. The maximum absolute atomic E-state index is 12.4. The molecule has 0 aliphatic carbocycles. The largest absolute Gasteiger partial charge is 0.497 e. The van der Waals surface area contributed by atoms with Gasteiger partial charge in [-0.05, 0) is 42.8 Å². The Morgan fingerprint density at radius 1 is 1.25 bits per heavy atom. The molecule has 0 radical (unpaired) electrons. The second-order valence-corrected chi connectivity index (χ2v) is 8.51. The van der Waals surface area contributed by atoms with Crippen LogP contribution in [0.15, 0.2) is 24.3 Å². The highest BCUT2D eigenvalue weighted by Gasteiger charge is 2.43. The molecule has 2 aliphatic rings. The zero-order chi connectivity index (χ0) is 22.9. The van der Waals surface area contributed by atoms with E-state index in [1.54, 1.807) is 14.2 Å². The maximum Gasteiger partial charge on any atom is 0.237 e. The summed E-state index contributed by atoms with van der Waals surface area (Å²) in [5.41, 5.74) is 1.02. The number of nitrogens with zero attached hydrogens (tertiary/aromatic N) is 1. The van der Waals surface area contributed by atoms with Crippen molar-refractivity contribution in [3.63, 3.8) is 0 Å². The van der Waals surface area contributed by atoms with Gasteiger partial charge in [0.15, 0.2) is 5.11 Å². The molecule has 0 spiro atoms. The number of thiocarbonyl (C=S) groups is 1. The van der Waals surface area contributed by atoms with Gasteiger partial charge in [0.05, 0.1) is 19.8 Å². The Balaban J connectivity index is 1.44.